The lowest BCUT2D eigenvalue weighted by Gasteiger charge is -2.15. The Kier molecular flexibility index (Phi) is 6.31. The van der Waals surface area contributed by atoms with E-state index in [4.69, 9.17) is 21.1 Å². The molecule has 25 heavy (non-hydrogen) atoms. The Morgan fingerprint density at radius 3 is 2.64 bits per heavy atom. The first-order chi connectivity index (χ1) is 11.8. The molecule has 0 atom stereocenters. The average Bonchev–Trinajstić information content (AvgIpc) is 2.85. The molecule has 0 aliphatic heterocycles. The van der Waals surface area contributed by atoms with Gasteiger partial charge in [-0.05, 0) is 31.4 Å². The average molecular weight is 366 g/mol. The van der Waals surface area contributed by atoms with Crippen LogP contribution in [-0.4, -0.2) is 29.4 Å². The van der Waals surface area contributed by atoms with Crippen molar-refractivity contribution in [1.29, 1.82) is 0 Å². The highest BCUT2D eigenvalue weighted by atomic mass is 35.5. The Hall–Kier alpha value is -2.21. The van der Waals surface area contributed by atoms with Crippen LogP contribution in [0.4, 0.5) is 5.82 Å². The van der Waals surface area contributed by atoms with Crippen LogP contribution in [0.2, 0.25) is 5.02 Å². The molecule has 1 aromatic heterocycles. The highest BCUT2D eigenvalue weighted by Crippen LogP contribution is 2.36. The van der Waals surface area contributed by atoms with E-state index in [-0.39, 0.29) is 5.91 Å². The van der Waals surface area contributed by atoms with Gasteiger partial charge in [-0.3, -0.25) is 9.48 Å². The molecule has 0 radical (unpaired) electrons. The van der Waals surface area contributed by atoms with Gasteiger partial charge in [-0.15, -0.1) is 0 Å². The number of carbonyl (C=O) groups excluding carboxylic acids is 1. The fourth-order valence-corrected chi connectivity index (χ4v) is 2.57. The van der Waals surface area contributed by atoms with Gasteiger partial charge in [0.15, 0.2) is 11.5 Å². The van der Waals surface area contributed by atoms with E-state index >= 15 is 0 Å². The largest absolute Gasteiger partial charge is 0.493 e. The number of halogens is 1. The van der Waals surface area contributed by atoms with Crippen molar-refractivity contribution in [3.05, 3.63) is 34.5 Å². The Bertz CT molecular complexity index is 756. The lowest BCUT2D eigenvalue weighted by atomic mass is 10.1. The van der Waals surface area contributed by atoms with Gasteiger partial charge in [-0.1, -0.05) is 25.4 Å². The van der Waals surface area contributed by atoms with Gasteiger partial charge in [0.05, 0.1) is 24.4 Å². The quantitative estimate of drug-likeness (QED) is 0.803. The number of benzene rings is 1. The number of aryl methyl sites for hydroxylation is 2. The summed E-state index contributed by atoms with van der Waals surface area (Å²) < 4.78 is 12.7. The van der Waals surface area contributed by atoms with E-state index in [1.54, 1.807) is 29.9 Å². The van der Waals surface area contributed by atoms with Gasteiger partial charge in [0, 0.05) is 18.7 Å². The second-order valence-corrected chi connectivity index (χ2v) is 6.68. The SMILES string of the molecule is COc1cc(C(=O)Nc2cc(C)nn2C)cc(Cl)c1OCCC(C)C. The summed E-state index contributed by atoms with van der Waals surface area (Å²) in [6.45, 7) is 6.64. The molecule has 1 N–H and O–H groups in total. The molecule has 0 aliphatic rings. The second kappa shape index (κ2) is 8.25. The molecule has 0 saturated carbocycles. The minimum absolute atomic E-state index is 0.295. The number of carbonyl (C=O) groups is 1. The molecule has 0 aliphatic carbocycles. The van der Waals surface area contributed by atoms with Gasteiger partial charge in [0.2, 0.25) is 0 Å². The van der Waals surface area contributed by atoms with Crippen LogP contribution in [-0.2, 0) is 7.05 Å². The molecule has 1 amide bonds. The van der Waals surface area contributed by atoms with E-state index < -0.39 is 0 Å². The van der Waals surface area contributed by atoms with E-state index in [2.05, 4.69) is 24.3 Å². The Morgan fingerprint density at radius 1 is 1.36 bits per heavy atom. The van der Waals surface area contributed by atoms with Crippen LogP contribution in [0.3, 0.4) is 0 Å². The van der Waals surface area contributed by atoms with Gasteiger partial charge in [-0.25, -0.2) is 0 Å². The first-order valence-corrected chi connectivity index (χ1v) is 8.52. The van der Waals surface area contributed by atoms with E-state index in [1.807, 2.05) is 6.92 Å². The van der Waals surface area contributed by atoms with Crippen LogP contribution in [0.5, 0.6) is 11.5 Å². The van der Waals surface area contributed by atoms with E-state index in [9.17, 15) is 4.79 Å². The van der Waals surface area contributed by atoms with Crippen molar-refractivity contribution in [3.8, 4) is 11.5 Å². The monoisotopic (exact) mass is 365 g/mol. The van der Waals surface area contributed by atoms with Crippen LogP contribution in [0.15, 0.2) is 18.2 Å². The van der Waals surface area contributed by atoms with Crippen molar-refractivity contribution in [1.82, 2.24) is 9.78 Å². The number of anilines is 1. The number of aromatic nitrogens is 2. The molecular formula is C18H24ClN3O3. The van der Waals surface area contributed by atoms with E-state index in [0.29, 0.717) is 40.4 Å². The third kappa shape index (κ3) is 4.89. The summed E-state index contributed by atoms with van der Waals surface area (Å²) in [5.74, 6) is 1.73. The third-order valence-electron chi connectivity index (χ3n) is 3.68. The van der Waals surface area contributed by atoms with Gasteiger partial charge < -0.3 is 14.8 Å². The number of methoxy groups -OCH3 is 1. The summed E-state index contributed by atoms with van der Waals surface area (Å²) in [5, 5.41) is 7.35. The minimum Gasteiger partial charge on any atom is -0.493 e. The van der Waals surface area contributed by atoms with Crippen LogP contribution in [0, 0.1) is 12.8 Å². The van der Waals surface area contributed by atoms with E-state index in [1.165, 1.54) is 7.11 Å². The number of nitrogens with one attached hydrogen (secondary N) is 1. The molecule has 1 aromatic carbocycles. The van der Waals surface area contributed by atoms with Crippen molar-refractivity contribution < 1.29 is 14.3 Å². The zero-order valence-corrected chi connectivity index (χ0v) is 16.0. The molecule has 0 bridgehead atoms. The van der Waals surface area contributed by atoms with Crippen molar-refractivity contribution in [2.45, 2.75) is 27.2 Å². The molecule has 0 spiro atoms. The normalized spacial score (nSPS) is 10.8. The molecule has 2 aromatic rings. The molecule has 0 unspecified atom stereocenters. The predicted molar refractivity (Wildman–Crippen MR) is 98.9 cm³/mol. The van der Waals surface area contributed by atoms with Gasteiger partial charge in [0.25, 0.3) is 5.91 Å². The lowest BCUT2D eigenvalue weighted by Crippen LogP contribution is -2.15. The molecule has 0 fully saturated rings. The standard InChI is InChI=1S/C18H24ClN3O3/c1-11(2)6-7-25-17-14(19)9-13(10-15(17)24-5)18(23)20-16-8-12(3)21-22(16)4/h8-11H,6-7H2,1-5H3,(H,20,23). The molecule has 2 rings (SSSR count). The summed E-state index contributed by atoms with van der Waals surface area (Å²) in [6, 6.07) is 4.99. The van der Waals surface area contributed by atoms with Crippen LogP contribution in [0.25, 0.3) is 0 Å². The molecular weight excluding hydrogens is 342 g/mol. The lowest BCUT2D eigenvalue weighted by molar-refractivity contribution is 0.102. The van der Waals surface area contributed by atoms with Crippen LogP contribution >= 0.6 is 11.6 Å². The molecule has 136 valence electrons. The zero-order valence-electron chi connectivity index (χ0n) is 15.2. The van der Waals surface area contributed by atoms with Crippen molar-refractivity contribution in [3.63, 3.8) is 0 Å². The number of ether oxygens (including phenoxy) is 2. The van der Waals surface area contributed by atoms with Crippen molar-refractivity contribution >= 4 is 23.3 Å². The molecule has 1 heterocycles. The number of hydrogen-bond acceptors (Lipinski definition) is 4. The summed E-state index contributed by atoms with van der Waals surface area (Å²) in [6.07, 6.45) is 0.904. The predicted octanol–water partition coefficient (Wildman–Crippen LogP) is 4.07. The minimum atomic E-state index is -0.295. The number of amides is 1. The summed E-state index contributed by atoms with van der Waals surface area (Å²) in [7, 11) is 3.29. The smallest absolute Gasteiger partial charge is 0.257 e. The van der Waals surface area contributed by atoms with E-state index in [0.717, 1.165) is 12.1 Å². The van der Waals surface area contributed by atoms with Gasteiger partial charge in [-0.2, -0.15) is 5.10 Å². The van der Waals surface area contributed by atoms with Crippen molar-refractivity contribution in [2.24, 2.45) is 13.0 Å². The topological polar surface area (TPSA) is 65.4 Å². The fourth-order valence-electron chi connectivity index (χ4n) is 2.30. The molecule has 6 nitrogen and oxygen atoms in total. The second-order valence-electron chi connectivity index (χ2n) is 6.27. The summed E-state index contributed by atoms with van der Waals surface area (Å²) in [4.78, 5) is 12.5. The number of rotatable bonds is 7. The Balaban J connectivity index is 2.20. The number of nitrogens with zero attached hydrogens (tertiary/aromatic N) is 2. The maximum absolute atomic E-state index is 12.5. The Morgan fingerprint density at radius 2 is 2.08 bits per heavy atom. The summed E-state index contributed by atoms with van der Waals surface area (Å²) in [5.41, 5.74) is 1.21. The fraction of sp³-hybridized carbons (Fsp3) is 0.444. The maximum atomic E-state index is 12.5. The van der Waals surface area contributed by atoms with Crippen LogP contribution < -0.4 is 14.8 Å². The van der Waals surface area contributed by atoms with Gasteiger partial charge in [0.1, 0.15) is 5.82 Å². The number of hydrogen-bond donors (Lipinski definition) is 1. The van der Waals surface area contributed by atoms with Crippen LogP contribution in [0.1, 0.15) is 36.3 Å². The first-order valence-electron chi connectivity index (χ1n) is 8.14. The summed E-state index contributed by atoms with van der Waals surface area (Å²) >= 11 is 6.31. The highest BCUT2D eigenvalue weighted by molar-refractivity contribution is 6.32. The third-order valence-corrected chi connectivity index (χ3v) is 3.96. The molecule has 7 heteroatoms. The van der Waals surface area contributed by atoms with Crippen molar-refractivity contribution in [2.75, 3.05) is 19.0 Å². The maximum Gasteiger partial charge on any atom is 0.257 e. The zero-order chi connectivity index (χ0) is 18.6. The molecule has 0 saturated heterocycles. The van der Waals surface area contributed by atoms with Gasteiger partial charge >= 0.3 is 0 Å². The first kappa shape index (κ1) is 19.1. The Labute approximate surface area is 153 Å². The highest BCUT2D eigenvalue weighted by Gasteiger charge is 2.17.